The lowest BCUT2D eigenvalue weighted by molar-refractivity contribution is -0.203. The molecule has 0 aromatic heterocycles. The lowest BCUT2D eigenvalue weighted by Crippen LogP contribution is -2.62. The van der Waals surface area contributed by atoms with Crippen molar-refractivity contribution < 1.29 is 32.3 Å². The number of alkyl halides is 3. The van der Waals surface area contributed by atoms with Crippen molar-refractivity contribution >= 4 is 33.6 Å². The van der Waals surface area contributed by atoms with Gasteiger partial charge in [-0.15, -0.1) is 0 Å². The first kappa shape index (κ1) is 17.2. The normalized spacial score (nSPS) is 14.2. The Morgan fingerprint density at radius 2 is 1.86 bits per heavy atom. The van der Waals surface area contributed by atoms with Gasteiger partial charge in [-0.05, 0) is 41.1 Å². The lowest BCUT2D eigenvalue weighted by Gasteiger charge is -2.28. The van der Waals surface area contributed by atoms with Crippen LogP contribution in [0.3, 0.4) is 0 Å². The molecule has 0 spiro atoms. The van der Waals surface area contributed by atoms with Gasteiger partial charge in [-0.3, -0.25) is 0 Å². The molecule has 0 saturated heterocycles. The van der Waals surface area contributed by atoms with Crippen LogP contribution in [0.4, 0.5) is 28.0 Å². The van der Waals surface area contributed by atoms with E-state index in [0.29, 0.717) is 6.92 Å². The summed E-state index contributed by atoms with van der Waals surface area (Å²) in [5.74, 6) is -3.02. The standard InChI is InChI=1S/C11H9BrF4N2O3/c1-10(8(19)20,11(14,15)16)18-9(21)17-5-2-3-6(12)7(13)4-5/h2-4H,1H3,(H,19,20)(H2,17,18,21). The number of aliphatic carboxylic acids is 1. The second-order valence-corrected chi connectivity index (χ2v) is 4.99. The third-order valence-electron chi connectivity index (χ3n) is 2.54. The highest BCUT2D eigenvalue weighted by Gasteiger charge is 2.58. The zero-order valence-electron chi connectivity index (χ0n) is 10.4. The number of halogens is 5. The zero-order chi connectivity index (χ0) is 16.4. The molecule has 2 amide bonds. The van der Waals surface area contributed by atoms with Crippen molar-refractivity contribution in [3.63, 3.8) is 0 Å². The zero-order valence-corrected chi connectivity index (χ0v) is 12.0. The minimum atomic E-state index is -5.21. The molecule has 1 aromatic carbocycles. The Bertz CT molecular complexity index is 579. The van der Waals surface area contributed by atoms with Crippen LogP contribution in [-0.2, 0) is 4.79 Å². The second kappa shape index (κ2) is 5.88. The lowest BCUT2D eigenvalue weighted by atomic mass is 10.0. The summed E-state index contributed by atoms with van der Waals surface area (Å²) in [7, 11) is 0. The minimum absolute atomic E-state index is 0.0964. The van der Waals surface area contributed by atoms with E-state index < -0.39 is 29.5 Å². The van der Waals surface area contributed by atoms with Gasteiger partial charge in [-0.2, -0.15) is 13.2 Å². The van der Waals surface area contributed by atoms with Crippen LogP contribution in [0.5, 0.6) is 0 Å². The van der Waals surface area contributed by atoms with Gasteiger partial charge in [0.15, 0.2) is 0 Å². The molecular weight excluding hydrogens is 364 g/mol. The van der Waals surface area contributed by atoms with Crippen LogP contribution >= 0.6 is 15.9 Å². The summed E-state index contributed by atoms with van der Waals surface area (Å²) in [5, 5.41) is 11.9. The summed E-state index contributed by atoms with van der Waals surface area (Å²) in [6.45, 7) is 0.303. The molecule has 5 nitrogen and oxygen atoms in total. The molecule has 0 aliphatic rings. The Kier molecular flexibility index (Phi) is 4.82. The van der Waals surface area contributed by atoms with Gasteiger partial charge in [0.05, 0.1) is 4.47 Å². The molecule has 1 aromatic rings. The predicted octanol–water partition coefficient (Wildman–Crippen LogP) is 3.12. The van der Waals surface area contributed by atoms with Crippen LogP contribution < -0.4 is 10.6 Å². The average Bonchev–Trinajstić information content (AvgIpc) is 2.32. The van der Waals surface area contributed by atoms with Crippen LogP contribution in [-0.4, -0.2) is 28.8 Å². The van der Waals surface area contributed by atoms with E-state index in [0.717, 1.165) is 6.07 Å². The van der Waals surface area contributed by atoms with Crippen molar-refractivity contribution in [3.05, 3.63) is 28.5 Å². The number of carbonyl (C=O) groups is 2. The van der Waals surface area contributed by atoms with Crippen molar-refractivity contribution in [2.45, 2.75) is 18.6 Å². The van der Waals surface area contributed by atoms with Crippen LogP contribution in [0, 0.1) is 5.82 Å². The van der Waals surface area contributed by atoms with Crippen LogP contribution in [0.25, 0.3) is 0 Å². The van der Waals surface area contributed by atoms with Gasteiger partial charge >= 0.3 is 18.2 Å². The Morgan fingerprint density at radius 1 is 1.29 bits per heavy atom. The molecule has 3 N–H and O–H groups in total. The van der Waals surface area contributed by atoms with Crippen molar-refractivity contribution in [3.8, 4) is 0 Å². The van der Waals surface area contributed by atoms with E-state index in [9.17, 15) is 27.2 Å². The Hall–Kier alpha value is -1.84. The Balaban J connectivity index is 2.89. The number of hydrogen-bond acceptors (Lipinski definition) is 2. The number of rotatable bonds is 3. The third kappa shape index (κ3) is 3.84. The van der Waals surface area contributed by atoms with Gasteiger partial charge in [0.2, 0.25) is 5.54 Å². The fourth-order valence-electron chi connectivity index (χ4n) is 1.21. The highest BCUT2D eigenvalue weighted by atomic mass is 79.9. The van der Waals surface area contributed by atoms with Gasteiger partial charge in [0, 0.05) is 5.69 Å². The maximum absolute atomic E-state index is 13.2. The van der Waals surface area contributed by atoms with Gasteiger partial charge in [-0.25, -0.2) is 14.0 Å². The number of carboxylic acid groups (broad SMARTS) is 1. The summed E-state index contributed by atoms with van der Waals surface area (Å²) >= 11 is 2.86. The number of carbonyl (C=O) groups excluding carboxylic acids is 1. The molecule has 1 rings (SSSR count). The van der Waals surface area contributed by atoms with E-state index in [2.05, 4.69) is 15.9 Å². The van der Waals surface area contributed by atoms with E-state index >= 15 is 0 Å². The molecule has 21 heavy (non-hydrogen) atoms. The fraction of sp³-hybridized carbons (Fsp3) is 0.273. The smallest absolute Gasteiger partial charge is 0.422 e. The Labute approximate surface area is 124 Å². The van der Waals surface area contributed by atoms with Crippen molar-refractivity contribution in [1.29, 1.82) is 0 Å². The van der Waals surface area contributed by atoms with E-state index in [1.165, 1.54) is 17.4 Å². The molecular formula is C11H9BrF4N2O3. The van der Waals surface area contributed by atoms with Gasteiger partial charge in [0.25, 0.3) is 0 Å². The first-order chi connectivity index (χ1) is 9.47. The largest absolute Gasteiger partial charge is 0.479 e. The number of urea groups is 1. The molecule has 0 fully saturated rings. The van der Waals surface area contributed by atoms with E-state index in [1.54, 1.807) is 0 Å². The first-order valence-corrected chi connectivity index (χ1v) is 6.11. The minimum Gasteiger partial charge on any atom is -0.479 e. The summed E-state index contributed by atoms with van der Waals surface area (Å²) in [4.78, 5) is 22.2. The average molecular weight is 373 g/mol. The molecule has 0 bridgehead atoms. The SMILES string of the molecule is CC(NC(=O)Nc1ccc(Br)c(F)c1)(C(=O)O)C(F)(F)F. The molecule has 10 heteroatoms. The quantitative estimate of drug-likeness (QED) is 0.713. The summed E-state index contributed by atoms with van der Waals surface area (Å²) in [6, 6.07) is 1.87. The van der Waals surface area contributed by atoms with Crippen LogP contribution in [0.1, 0.15) is 6.92 Å². The summed E-state index contributed by atoms with van der Waals surface area (Å²) in [6.07, 6.45) is -5.21. The van der Waals surface area contributed by atoms with E-state index in [4.69, 9.17) is 5.11 Å². The van der Waals surface area contributed by atoms with Crippen LogP contribution in [0.2, 0.25) is 0 Å². The van der Waals surface area contributed by atoms with Crippen molar-refractivity contribution in [1.82, 2.24) is 5.32 Å². The van der Waals surface area contributed by atoms with Crippen molar-refractivity contribution in [2.24, 2.45) is 0 Å². The third-order valence-corrected chi connectivity index (χ3v) is 3.18. The maximum Gasteiger partial charge on any atom is 0.422 e. The molecule has 0 heterocycles. The molecule has 1 unspecified atom stereocenters. The number of amides is 2. The van der Waals surface area contributed by atoms with Gasteiger partial charge < -0.3 is 15.7 Å². The van der Waals surface area contributed by atoms with Crippen LogP contribution in [0.15, 0.2) is 22.7 Å². The maximum atomic E-state index is 13.2. The number of benzene rings is 1. The number of anilines is 1. The highest BCUT2D eigenvalue weighted by molar-refractivity contribution is 9.10. The topological polar surface area (TPSA) is 78.4 Å². The van der Waals surface area contributed by atoms with Crippen molar-refractivity contribution in [2.75, 3.05) is 5.32 Å². The predicted molar refractivity (Wildman–Crippen MR) is 68.4 cm³/mol. The first-order valence-electron chi connectivity index (χ1n) is 5.31. The Morgan fingerprint density at radius 3 is 2.29 bits per heavy atom. The molecule has 1 atom stereocenters. The molecule has 0 saturated carbocycles. The second-order valence-electron chi connectivity index (χ2n) is 4.14. The number of nitrogens with one attached hydrogen (secondary N) is 2. The fourth-order valence-corrected chi connectivity index (χ4v) is 1.46. The summed E-state index contributed by atoms with van der Waals surface area (Å²) in [5.41, 5.74) is -3.60. The van der Waals surface area contributed by atoms with Gasteiger partial charge in [0.1, 0.15) is 5.82 Å². The molecule has 0 radical (unpaired) electrons. The molecule has 116 valence electrons. The van der Waals surface area contributed by atoms with E-state index in [-0.39, 0.29) is 10.2 Å². The number of carboxylic acids is 1. The highest BCUT2D eigenvalue weighted by Crippen LogP contribution is 2.30. The van der Waals surface area contributed by atoms with E-state index in [1.807, 2.05) is 5.32 Å². The molecule has 0 aliphatic carbocycles. The molecule has 0 aliphatic heterocycles. The number of hydrogen-bond donors (Lipinski definition) is 3. The summed E-state index contributed by atoms with van der Waals surface area (Å²) < 4.78 is 51.3. The monoisotopic (exact) mass is 372 g/mol. The van der Waals surface area contributed by atoms with Gasteiger partial charge in [-0.1, -0.05) is 0 Å².